The molecule has 0 saturated carbocycles. The van der Waals surface area contributed by atoms with Crippen molar-refractivity contribution in [1.82, 2.24) is 12.3 Å². The van der Waals surface area contributed by atoms with Gasteiger partial charge in [0.1, 0.15) is 0 Å². The molecular weight excluding hydrogens is 122 g/mol. The summed E-state index contributed by atoms with van der Waals surface area (Å²) in [5.74, 6) is -0.174. The maximum atomic E-state index is 10.2. The molecule has 0 aromatic carbocycles. The van der Waals surface area contributed by atoms with E-state index in [-0.39, 0.29) is 24.5 Å². The Kier molecular flexibility index (Phi) is 5.28. The van der Waals surface area contributed by atoms with Crippen LogP contribution in [0.1, 0.15) is 12.8 Å². The summed E-state index contributed by atoms with van der Waals surface area (Å²) in [4.78, 5) is 10.2. The third kappa shape index (κ3) is 3.02. The number of hydrogen-bond donors (Lipinski definition) is 3. The minimum absolute atomic E-state index is 0. The van der Waals surface area contributed by atoms with Crippen molar-refractivity contribution in [2.45, 2.75) is 19.1 Å². The Bertz CT molecular complexity index is 95.8. The zero-order chi connectivity index (χ0) is 5.28. The number of hydrogen-bond acceptors (Lipinski definition) is 5. The number of nitrogens with two attached hydrogens (primary N) is 1. The lowest BCUT2D eigenvalue weighted by atomic mass is 10.3. The Morgan fingerprint density at radius 3 is 2.22 bits per heavy atom. The highest BCUT2D eigenvalue weighted by atomic mass is 16.6. The van der Waals surface area contributed by atoms with E-state index in [4.69, 9.17) is 5.73 Å². The zero-order valence-corrected chi connectivity index (χ0v) is 5.30. The maximum Gasteiger partial charge on any atom is 0.307 e. The fourth-order valence-corrected chi connectivity index (χ4v) is 0.547. The van der Waals surface area contributed by atoms with E-state index in [0.29, 0.717) is 12.8 Å². The molecule has 9 heavy (non-hydrogen) atoms. The highest BCUT2D eigenvalue weighted by molar-refractivity contribution is 5.71. The van der Waals surface area contributed by atoms with Crippen molar-refractivity contribution in [3.8, 4) is 0 Å². The number of carbonyl (C=O) groups is 1. The number of carbonyl (C=O) groups excluding carboxylic acids is 1. The van der Waals surface area contributed by atoms with E-state index in [1.807, 2.05) is 0 Å². The molecule has 1 rings (SSSR count). The molecule has 1 saturated heterocycles. The molecular formula is C4H13N3O2. The van der Waals surface area contributed by atoms with Crippen molar-refractivity contribution in [3.63, 3.8) is 0 Å². The van der Waals surface area contributed by atoms with Gasteiger partial charge in [0.25, 0.3) is 0 Å². The first-order valence-electron chi connectivity index (χ1n) is 2.24. The van der Waals surface area contributed by atoms with E-state index in [0.717, 1.165) is 0 Å². The fourth-order valence-electron chi connectivity index (χ4n) is 0.547. The van der Waals surface area contributed by atoms with Crippen molar-refractivity contribution in [1.29, 1.82) is 0 Å². The number of esters is 1. The van der Waals surface area contributed by atoms with Crippen LogP contribution in [0.5, 0.6) is 0 Å². The highest BCUT2D eigenvalue weighted by Gasteiger charge is 2.18. The molecule has 0 aromatic rings. The first kappa shape index (κ1) is 11.2. The molecule has 0 amide bonds. The summed E-state index contributed by atoms with van der Waals surface area (Å²) in [7, 11) is 0. The van der Waals surface area contributed by atoms with Crippen LogP contribution in [0.3, 0.4) is 0 Å². The molecule has 0 radical (unpaired) electrons. The van der Waals surface area contributed by atoms with Gasteiger partial charge in [-0.25, -0.2) is 0 Å². The van der Waals surface area contributed by atoms with Crippen LogP contribution in [0.25, 0.3) is 0 Å². The Morgan fingerprint density at radius 2 is 2.11 bits per heavy atom. The van der Waals surface area contributed by atoms with Gasteiger partial charge in [0.2, 0.25) is 0 Å². The average molecular weight is 135 g/mol. The number of cyclic esters (lactones) is 1. The first-order valence-corrected chi connectivity index (χ1v) is 2.24. The van der Waals surface area contributed by atoms with Crippen molar-refractivity contribution in [2.75, 3.05) is 0 Å². The highest BCUT2D eigenvalue weighted by Crippen LogP contribution is 2.07. The van der Waals surface area contributed by atoms with Gasteiger partial charge in [0.15, 0.2) is 6.23 Å². The summed E-state index contributed by atoms with van der Waals surface area (Å²) in [5, 5.41) is 0. The minimum Gasteiger partial charge on any atom is -0.447 e. The van der Waals surface area contributed by atoms with Crippen LogP contribution in [0, 0.1) is 0 Å². The van der Waals surface area contributed by atoms with Crippen LogP contribution in [0.4, 0.5) is 0 Å². The molecule has 1 unspecified atom stereocenters. The smallest absolute Gasteiger partial charge is 0.307 e. The molecule has 5 heteroatoms. The SMILES string of the molecule is N.N.NC1CCC(=O)O1. The topological polar surface area (TPSA) is 122 Å². The van der Waals surface area contributed by atoms with Gasteiger partial charge in [-0.05, 0) is 0 Å². The predicted octanol–water partition coefficient (Wildman–Crippen LogP) is -0.0678. The maximum absolute atomic E-state index is 10.2. The van der Waals surface area contributed by atoms with Gasteiger partial charge in [-0.15, -0.1) is 0 Å². The molecule has 0 aliphatic carbocycles. The fraction of sp³-hybridized carbons (Fsp3) is 0.750. The molecule has 0 bridgehead atoms. The molecule has 5 nitrogen and oxygen atoms in total. The molecule has 1 fully saturated rings. The lowest BCUT2D eigenvalue weighted by molar-refractivity contribution is -0.141. The van der Waals surface area contributed by atoms with Crippen LogP contribution in [0.15, 0.2) is 0 Å². The monoisotopic (exact) mass is 135 g/mol. The van der Waals surface area contributed by atoms with Gasteiger partial charge in [-0.1, -0.05) is 0 Å². The van der Waals surface area contributed by atoms with E-state index in [2.05, 4.69) is 4.74 Å². The predicted molar refractivity (Wildman–Crippen MR) is 33.3 cm³/mol. The van der Waals surface area contributed by atoms with Crippen LogP contribution in [0.2, 0.25) is 0 Å². The normalized spacial score (nSPS) is 23.7. The van der Waals surface area contributed by atoms with Gasteiger partial charge >= 0.3 is 5.97 Å². The molecule has 1 aliphatic rings. The summed E-state index contributed by atoms with van der Waals surface area (Å²) in [6.45, 7) is 0. The largest absolute Gasteiger partial charge is 0.447 e. The molecule has 0 aromatic heterocycles. The number of ether oxygens (including phenoxy) is 1. The molecule has 0 spiro atoms. The molecule has 56 valence electrons. The summed E-state index contributed by atoms with van der Waals surface area (Å²) in [6.07, 6.45) is 0.840. The van der Waals surface area contributed by atoms with E-state index in [1.165, 1.54) is 0 Å². The molecule has 1 aliphatic heterocycles. The van der Waals surface area contributed by atoms with E-state index in [9.17, 15) is 4.79 Å². The van der Waals surface area contributed by atoms with Gasteiger partial charge in [-0.2, -0.15) is 0 Å². The third-order valence-electron chi connectivity index (χ3n) is 0.916. The summed E-state index contributed by atoms with van der Waals surface area (Å²) >= 11 is 0. The summed E-state index contributed by atoms with van der Waals surface area (Å²) in [6, 6.07) is 0. The van der Waals surface area contributed by atoms with E-state index in [1.54, 1.807) is 0 Å². The molecule has 1 atom stereocenters. The minimum atomic E-state index is -0.326. The van der Waals surface area contributed by atoms with Gasteiger partial charge in [0, 0.05) is 6.42 Å². The van der Waals surface area contributed by atoms with Gasteiger partial charge in [0.05, 0.1) is 6.42 Å². The average Bonchev–Trinajstić information content (AvgIpc) is 1.87. The Labute approximate surface area is 53.7 Å². The molecule has 8 N–H and O–H groups in total. The second-order valence-corrected chi connectivity index (χ2v) is 1.57. The Balaban J connectivity index is 0. The Hall–Kier alpha value is -0.650. The second-order valence-electron chi connectivity index (χ2n) is 1.57. The van der Waals surface area contributed by atoms with Crippen molar-refractivity contribution in [3.05, 3.63) is 0 Å². The third-order valence-corrected chi connectivity index (χ3v) is 0.916. The van der Waals surface area contributed by atoms with E-state index >= 15 is 0 Å². The standard InChI is InChI=1S/C4H7NO2.2H3N/c5-3-1-2-4(6)7-3;;/h3H,1-2,5H2;2*1H3. The van der Waals surface area contributed by atoms with Gasteiger partial charge < -0.3 is 17.0 Å². The quantitative estimate of drug-likeness (QED) is 0.401. The summed E-state index contributed by atoms with van der Waals surface area (Å²) < 4.78 is 4.50. The second kappa shape index (κ2) is 4.25. The lowest BCUT2D eigenvalue weighted by Gasteiger charge is -1.96. The lowest BCUT2D eigenvalue weighted by Crippen LogP contribution is -2.17. The van der Waals surface area contributed by atoms with Crippen molar-refractivity contribution in [2.24, 2.45) is 5.73 Å². The first-order chi connectivity index (χ1) is 3.29. The van der Waals surface area contributed by atoms with Gasteiger partial charge in [-0.3, -0.25) is 10.5 Å². The number of rotatable bonds is 0. The van der Waals surface area contributed by atoms with Crippen LogP contribution in [-0.4, -0.2) is 12.2 Å². The van der Waals surface area contributed by atoms with E-state index < -0.39 is 0 Å². The Morgan fingerprint density at radius 1 is 1.56 bits per heavy atom. The molecule has 1 heterocycles. The van der Waals surface area contributed by atoms with Crippen molar-refractivity contribution >= 4 is 5.97 Å². The van der Waals surface area contributed by atoms with Crippen LogP contribution >= 0.6 is 0 Å². The zero-order valence-electron chi connectivity index (χ0n) is 5.30. The summed E-state index contributed by atoms with van der Waals surface area (Å²) in [5.41, 5.74) is 5.18. The van der Waals surface area contributed by atoms with Crippen molar-refractivity contribution < 1.29 is 9.53 Å². The van der Waals surface area contributed by atoms with Crippen LogP contribution in [-0.2, 0) is 9.53 Å². The van der Waals surface area contributed by atoms with Crippen LogP contribution < -0.4 is 18.0 Å².